The Bertz CT molecular complexity index is 349. The van der Waals surface area contributed by atoms with E-state index in [4.69, 9.17) is 9.47 Å². The van der Waals surface area contributed by atoms with Crippen molar-refractivity contribution in [2.45, 2.75) is 25.6 Å². The summed E-state index contributed by atoms with van der Waals surface area (Å²) in [5.74, 6) is 0. The molecule has 4 nitrogen and oxygen atoms in total. The Hall–Kier alpha value is -1.55. The van der Waals surface area contributed by atoms with Gasteiger partial charge in [0, 0.05) is 6.54 Å². The zero-order valence-corrected chi connectivity index (χ0v) is 9.72. The van der Waals surface area contributed by atoms with E-state index in [0.717, 1.165) is 25.0 Å². The highest BCUT2D eigenvalue weighted by Crippen LogP contribution is 2.14. The van der Waals surface area contributed by atoms with Crippen LogP contribution < -0.4 is 5.32 Å². The van der Waals surface area contributed by atoms with Gasteiger partial charge in [-0.2, -0.15) is 0 Å². The summed E-state index contributed by atoms with van der Waals surface area (Å²) in [5, 5.41) is 2.72. The van der Waals surface area contributed by atoms with Crippen molar-refractivity contribution in [3.8, 4) is 0 Å². The molecule has 2 rings (SSSR count). The smallest absolute Gasteiger partial charge is 0.407 e. The molecule has 1 aromatic rings. The van der Waals surface area contributed by atoms with Crippen molar-refractivity contribution >= 4 is 6.09 Å². The normalized spacial score (nSPS) is 17.5. The first-order valence-corrected chi connectivity index (χ1v) is 5.91. The molecule has 4 heteroatoms. The summed E-state index contributed by atoms with van der Waals surface area (Å²) in [6.07, 6.45) is 2.02. The standard InChI is InChI=1S/C13H17NO3/c15-13(14-8-4-7-12-10-16-12)17-9-11-5-2-1-3-6-11/h1-3,5-6,12H,4,7-10H2,(H,14,15). The molecule has 0 aliphatic carbocycles. The molecule has 1 atom stereocenters. The van der Waals surface area contributed by atoms with Crippen LogP contribution in [-0.4, -0.2) is 25.3 Å². The zero-order chi connectivity index (χ0) is 11.9. The van der Waals surface area contributed by atoms with Gasteiger partial charge in [0.25, 0.3) is 0 Å². The van der Waals surface area contributed by atoms with Crippen molar-refractivity contribution in [3.63, 3.8) is 0 Å². The van der Waals surface area contributed by atoms with Crippen molar-refractivity contribution in [1.82, 2.24) is 5.32 Å². The fraction of sp³-hybridized carbons (Fsp3) is 0.462. The summed E-state index contributed by atoms with van der Waals surface area (Å²) >= 11 is 0. The third kappa shape index (κ3) is 4.87. The average Bonchev–Trinajstić information content (AvgIpc) is 3.17. The van der Waals surface area contributed by atoms with Crippen molar-refractivity contribution in [2.24, 2.45) is 0 Å². The number of epoxide rings is 1. The molecule has 1 heterocycles. The van der Waals surface area contributed by atoms with Crippen molar-refractivity contribution < 1.29 is 14.3 Å². The molecule has 1 unspecified atom stereocenters. The number of alkyl carbamates (subject to hydrolysis) is 1. The monoisotopic (exact) mass is 235 g/mol. The first-order valence-electron chi connectivity index (χ1n) is 5.91. The summed E-state index contributed by atoms with van der Waals surface area (Å²) in [6.45, 7) is 1.84. The number of rotatable bonds is 6. The number of amides is 1. The minimum atomic E-state index is -0.356. The van der Waals surface area contributed by atoms with E-state index in [1.807, 2.05) is 30.3 Å². The van der Waals surface area contributed by atoms with Gasteiger partial charge >= 0.3 is 6.09 Å². The van der Waals surface area contributed by atoms with E-state index in [2.05, 4.69) is 5.32 Å². The predicted molar refractivity (Wildman–Crippen MR) is 63.6 cm³/mol. The summed E-state index contributed by atoms with van der Waals surface area (Å²) in [5.41, 5.74) is 0.994. The maximum absolute atomic E-state index is 11.3. The van der Waals surface area contributed by atoms with Crippen LogP contribution in [-0.2, 0) is 16.1 Å². The Morgan fingerprint density at radius 3 is 2.88 bits per heavy atom. The molecule has 0 aromatic heterocycles. The molecule has 0 radical (unpaired) electrons. The van der Waals surface area contributed by atoms with Gasteiger partial charge in [0.05, 0.1) is 12.7 Å². The van der Waals surface area contributed by atoms with Crippen LogP contribution in [0.25, 0.3) is 0 Å². The van der Waals surface area contributed by atoms with E-state index in [-0.39, 0.29) is 6.09 Å². The number of carbonyl (C=O) groups is 1. The molecule has 1 fully saturated rings. The second-order valence-electron chi connectivity index (χ2n) is 4.09. The lowest BCUT2D eigenvalue weighted by Gasteiger charge is -2.06. The largest absolute Gasteiger partial charge is 0.445 e. The molecule has 0 spiro atoms. The van der Waals surface area contributed by atoms with Crippen molar-refractivity contribution in [3.05, 3.63) is 35.9 Å². The molecule has 1 aliphatic rings. The van der Waals surface area contributed by atoms with Gasteiger partial charge in [-0.25, -0.2) is 4.79 Å². The minimum absolute atomic E-state index is 0.318. The molecule has 1 saturated heterocycles. The number of hydrogen-bond acceptors (Lipinski definition) is 3. The van der Waals surface area contributed by atoms with Crippen LogP contribution in [0.3, 0.4) is 0 Å². The molecule has 1 aromatic carbocycles. The summed E-state index contributed by atoms with van der Waals surface area (Å²) in [7, 11) is 0. The topological polar surface area (TPSA) is 50.9 Å². The van der Waals surface area contributed by atoms with Crippen LogP contribution in [0.5, 0.6) is 0 Å². The maximum atomic E-state index is 11.3. The van der Waals surface area contributed by atoms with E-state index < -0.39 is 0 Å². The molecule has 92 valence electrons. The molecular weight excluding hydrogens is 218 g/mol. The third-order valence-electron chi connectivity index (χ3n) is 2.59. The Morgan fingerprint density at radius 2 is 2.18 bits per heavy atom. The fourth-order valence-electron chi connectivity index (χ4n) is 1.53. The lowest BCUT2D eigenvalue weighted by molar-refractivity contribution is 0.139. The van der Waals surface area contributed by atoms with Crippen LogP contribution in [0, 0.1) is 0 Å². The van der Waals surface area contributed by atoms with Gasteiger partial charge in [-0.3, -0.25) is 0 Å². The number of benzene rings is 1. The Kier molecular flexibility index (Phi) is 4.38. The maximum Gasteiger partial charge on any atom is 0.407 e. The zero-order valence-electron chi connectivity index (χ0n) is 9.72. The second kappa shape index (κ2) is 6.25. The van der Waals surface area contributed by atoms with Crippen LogP contribution in [0.1, 0.15) is 18.4 Å². The molecule has 1 N–H and O–H groups in total. The minimum Gasteiger partial charge on any atom is -0.445 e. The van der Waals surface area contributed by atoms with Gasteiger partial charge < -0.3 is 14.8 Å². The van der Waals surface area contributed by atoms with Gasteiger partial charge in [0.1, 0.15) is 6.61 Å². The van der Waals surface area contributed by atoms with E-state index in [1.54, 1.807) is 0 Å². The SMILES string of the molecule is O=C(NCCCC1CO1)OCc1ccccc1. The molecule has 0 bridgehead atoms. The second-order valence-corrected chi connectivity index (χ2v) is 4.09. The highest BCUT2D eigenvalue weighted by Gasteiger charge is 2.21. The Labute approximate surface area is 101 Å². The summed E-state index contributed by atoms with van der Waals surface area (Å²) in [4.78, 5) is 11.3. The van der Waals surface area contributed by atoms with Crippen molar-refractivity contribution in [2.75, 3.05) is 13.2 Å². The summed E-state index contributed by atoms with van der Waals surface area (Å²) in [6, 6.07) is 9.64. The summed E-state index contributed by atoms with van der Waals surface area (Å²) < 4.78 is 10.1. The number of carbonyl (C=O) groups excluding carboxylic acids is 1. The average molecular weight is 235 g/mol. The highest BCUT2D eigenvalue weighted by atomic mass is 16.6. The van der Waals surface area contributed by atoms with Gasteiger partial charge in [0.2, 0.25) is 0 Å². The van der Waals surface area contributed by atoms with Crippen LogP contribution >= 0.6 is 0 Å². The highest BCUT2D eigenvalue weighted by molar-refractivity contribution is 5.67. The Balaban J connectivity index is 1.54. The lowest BCUT2D eigenvalue weighted by atomic mass is 10.2. The number of nitrogens with one attached hydrogen (secondary N) is 1. The first-order chi connectivity index (χ1) is 8.34. The predicted octanol–water partition coefficient (Wildman–Crippen LogP) is 2.09. The quantitative estimate of drug-likeness (QED) is 0.606. The van der Waals surface area contributed by atoms with Crippen LogP contribution in [0.2, 0.25) is 0 Å². The van der Waals surface area contributed by atoms with Crippen LogP contribution in [0.15, 0.2) is 30.3 Å². The fourth-order valence-corrected chi connectivity index (χ4v) is 1.53. The van der Waals surface area contributed by atoms with E-state index >= 15 is 0 Å². The molecule has 17 heavy (non-hydrogen) atoms. The third-order valence-corrected chi connectivity index (χ3v) is 2.59. The lowest BCUT2D eigenvalue weighted by Crippen LogP contribution is -2.25. The van der Waals surface area contributed by atoms with E-state index in [0.29, 0.717) is 19.3 Å². The van der Waals surface area contributed by atoms with Gasteiger partial charge in [-0.15, -0.1) is 0 Å². The molecule has 1 aliphatic heterocycles. The number of ether oxygens (including phenoxy) is 2. The van der Waals surface area contributed by atoms with E-state index in [1.165, 1.54) is 0 Å². The molecule has 1 amide bonds. The van der Waals surface area contributed by atoms with Crippen molar-refractivity contribution in [1.29, 1.82) is 0 Å². The number of hydrogen-bond donors (Lipinski definition) is 1. The van der Waals surface area contributed by atoms with Crippen LogP contribution in [0.4, 0.5) is 4.79 Å². The molecule has 0 saturated carbocycles. The molecular formula is C13H17NO3. The Morgan fingerprint density at radius 1 is 1.41 bits per heavy atom. The first kappa shape index (κ1) is 11.9. The van der Waals surface area contributed by atoms with Gasteiger partial charge in [-0.05, 0) is 18.4 Å². The van der Waals surface area contributed by atoms with E-state index in [9.17, 15) is 4.79 Å². The van der Waals surface area contributed by atoms with Gasteiger partial charge in [-0.1, -0.05) is 30.3 Å². The van der Waals surface area contributed by atoms with Gasteiger partial charge in [0.15, 0.2) is 0 Å².